The monoisotopic (exact) mass is 499 g/mol. The topological polar surface area (TPSA) is 56.7 Å². The number of fused-ring (bicyclic) bond motifs is 3. The summed E-state index contributed by atoms with van der Waals surface area (Å²) >= 11 is 5.89. The van der Waals surface area contributed by atoms with E-state index in [2.05, 4.69) is 23.1 Å². The molecule has 0 N–H and O–H groups in total. The third-order valence-corrected chi connectivity index (χ3v) is 6.52. The molecular formula is C28H29N5O2S. The van der Waals surface area contributed by atoms with Gasteiger partial charge in [0, 0.05) is 6.54 Å². The SMILES string of the molecule is CCOc1ccc(CN(C)Cn2nc3n(-c4cc(C)cc(C)c4)c(=O)c4ccccc4n3c2=S)cc1. The predicted octanol–water partition coefficient (Wildman–Crippen LogP) is 5.27. The summed E-state index contributed by atoms with van der Waals surface area (Å²) in [6.07, 6.45) is 0. The Morgan fingerprint density at radius 2 is 1.69 bits per heavy atom. The zero-order valence-electron chi connectivity index (χ0n) is 20.9. The van der Waals surface area contributed by atoms with E-state index < -0.39 is 0 Å². The maximum Gasteiger partial charge on any atom is 0.267 e. The first kappa shape index (κ1) is 24.0. The number of nitrogens with zero attached hydrogens (tertiary/aromatic N) is 5. The fourth-order valence-corrected chi connectivity index (χ4v) is 4.94. The van der Waals surface area contributed by atoms with Crippen LogP contribution in [0.5, 0.6) is 5.75 Å². The number of hydrogen-bond acceptors (Lipinski definition) is 5. The van der Waals surface area contributed by atoms with Crippen molar-refractivity contribution in [3.05, 3.63) is 98.5 Å². The summed E-state index contributed by atoms with van der Waals surface area (Å²) in [6.45, 7) is 7.87. The van der Waals surface area contributed by atoms with Crippen molar-refractivity contribution >= 4 is 28.9 Å². The largest absolute Gasteiger partial charge is 0.494 e. The lowest BCUT2D eigenvalue weighted by atomic mass is 10.1. The number of aromatic nitrogens is 4. The van der Waals surface area contributed by atoms with Gasteiger partial charge in [0.15, 0.2) is 0 Å². The Kier molecular flexibility index (Phi) is 6.47. The van der Waals surface area contributed by atoms with Crippen LogP contribution in [0.3, 0.4) is 0 Å². The van der Waals surface area contributed by atoms with Gasteiger partial charge in [-0.25, -0.2) is 9.25 Å². The van der Waals surface area contributed by atoms with Gasteiger partial charge < -0.3 is 4.74 Å². The lowest BCUT2D eigenvalue weighted by Crippen LogP contribution is -2.23. The van der Waals surface area contributed by atoms with E-state index in [1.165, 1.54) is 0 Å². The van der Waals surface area contributed by atoms with Crippen LogP contribution in [0, 0.1) is 18.6 Å². The molecule has 0 radical (unpaired) electrons. The molecule has 0 aliphatic carbocycles. The highest BCUT2D eigenvalue weighted by atomic mass is 32.1. The molecule has 0 spiro atoms. The number of ether oxygens (including phenoxy) is 1. The van der Waals surface area contributed by atoms with Crippen LogP contribution in [0.2, 0.25) is 0 Å². The van der Waals surface area contributed by atoms with Crippen molar-refractivity contribution in [2.24, 2.45) is 0 Å². The summed E-state index contributed by atoms with van der Waals surface area (Å²) in [5.41, 5.74) is 4.74. The van der Waals surface area contributed by atoms with Crippen molar-refractivity contribution in [3.8, 4) is 11.4 Å². The van der Waals surface area contributed by atoms with Crippen molar-refractivity contribution in [2.45, 2.75) is 34.0 Å². The second-order valence-corrected chi connectivity index (χ2v) is 9.52. The molecule has 2 aromatic heterocycles. The average molecular weight is 500 g/mol. The molecule has 0 saturated carbocycles. The molecule has 8 heteroatoms. The van der Waals surface area contributed by atoms with Gasteiger partial charge in [-0.05, 0) is 93.1 Å². The van der Waals surface area contributed by atoms with Gasteiger partial charge in [0.1, 0.15) is 5.75 Å². The zero-order chi connectivity index (χ0) is 25.4. The van der Waals surface area contributed by atoms with Gasteiger partial charge >= 0.3 is 0 Å². The number of benzene rings is 3. The summed E-state index contributed by atoms with van der Waals surface area (Å²) in [4.78, 5) is 15.8. The van der Waals surface area contributed by atoms with Crippen LogP contribution in [-0.4, -0.2) is 37.3 Å². The fourth-order valence-electron chi connectivity index (χ4n) is 4.67. The molecule has 0 amide bonds. The van der Waals surface area contributed by atoms with E-state index in [-0.39, 0.29) is 5.56 Å². The lowest BCUT2D eigenvalue weighted by Gasteiger charge is -2.16. The minimum Gasteiger partial charge on any atom is -0.494 e. The molecule has 0 atom stereocenters. The van der Waals surface area contributed by atoms with Crippen molar-refractivity contribution in [2.75, 3.05) is 13.7 Å². The predicted molar refractivity (Wildman–Crippen MR) is 146 cm³/mol. The highest BCUT2D eigenvalue weighted by Gasteiger charge is 2.18. The summed E-state index contributed by atoms with van der Waals surface area (Å²) in [5, 5.41) is 5.46. The van der Waals surface area contributed by atoms with Gasteiger partial charge in [0.05, 0.1) is 29.9 Å². The Hall–Kier alpha value is -3.75. The molecule has 184 valence electrons. The van der Waals surface area contributed by atoms with Crippen LogP contribution in [0.25, 0.3) is 22.4 Å². The molecule has 5 rings (SSSR count). The Balaban J connectivity index is 1.60. The Bertz CT molecular complexity index is 1660. The van der Waals surface area contributed by atoms with E-state index >= 15 is 0 Å². The third-order valence-electron chi connectivity index (χ3n) is 6.13. The minimum absolute atomic E-state index is 0.113. The highest BCUT2D eigenvalue weighted by molar-refractivity contribution is 7.71. The van der Waals surface area contributed by atoms with Crippen molar-refractivity contribution in [1.82, 2.24) is 23.6 Å². The van der Waals surface area contributed by atoms with Crippen molar-refractivity contribution in [1.29, 1.82) is 0 Å². The lowest BCUT2D eigenvalue weighted by molar-refractivity contribution is 0.244. The fraction of sp³-hybridized carbons (Fsp3) is 0.250. The first-order valence-corrected chi connectivity index (χ1v) is 12.4. The van der Waals surface area contributed by atoms with E-state index in [1.807, 2.05) is 80.8 Å². The average Bonchev–Trinajstić information content (AvgIpc) is 3.15. The van der Waals surface area contributed by atoms with Gasteiger partial charge in [-0.15, -0.1) is 5.10 Å². The molecule has 0 unspecified atom stereocenters. The maximum atomic E-state index is 13.7. The van der Waals surface area contributed by atoms with Gasteiger partial charge in [-0.2, -0.15) is 0 Å². The van der Waals surface area contributed by atoms with E-state index in [0.29, 0.717) is 35.8 Å². The normalized spacial score (nSPS) is 11.6. The van der Waals surface area contributed by atoms with Gasteiger partial charge in [0.25, 0.3) is 5.56 Å². The highest BCUT2D eigenvalue weighted by Crippen LogP contribution is 2.20. The van der Waals surface area contributed by atoms with Gasteiger partial charge in [-0.3, -0.25) is 14.1 Å². The minimum atomic E-state index is -0.113. The third kappa shape index (κ3) is 4.45. The number of para-hydroxylation sites is 1. The number of hydrogen-bond donors (Lipinski definition) is 0. The molecule has 0 saturated heterocycles. The Morgan fingerprint density at radius 1 is 1.00 bits per heavy atom. The van der Waals surface area contributed by atoms with E-state index in [1.54, 1.807) is 9.25 Å². The van der Waals surface area contributed by atoms with Gasteiger partial charge in [-0.1, -0.05) is 30.3 Å². The first-order valence-electron chi connectivity index (χ1n) is 12.0. The summed E-state index contributed by atoms with van der Waals surface area (Å²) in [5.74, 6) is 1.37. The van der Waals surface area contributed by atoms with Crippen LogP contribution in [-0.2, 0) is 13.2 Å². The molecule has 0 bridgehead atoms. The molecule has 5 aromatic rings. The van der Waals surface area contributed by atoms with E-state index in [4.69, 9.17) is 22.1 Å². The van der Waals surface area contributed by atoms with Crippen LogP contribution in [0.1, 0.15) is 23.6 Å². The quantitative estimate of drug-likeness (QED) is 0.286. The molecule has 0 fully saturated rings. The second-order valence-electron chi connectivity index (χ2n) is 9.15. The van der Waals surface area contributed by atoms with E-state index in [0.717, 1.165) is 33.6 Å². The van der Waals surface area contributed by atoms with Gasteiger partial charge in [0.2, 0.25) is 10.5 Å². The summed E-state index contributed by atoms with van der Waals surface area (Å²) in [6, 6.07) is 21.7. The van der Waals surface area contributed by atoms with Crippen molar-refractivity contribution < 1.29 is 4.74 Å². The van der Waals surface area contributed by atoms with Crippen LogP contribution in [0.15, 0.2) is 71.5 Å². The Morgan fingerprint density at radius 3 is 2.39 bits per heavy atom. The molecule has 36 heavy (non-hydrogen) atoms. The number of aryl methyl sites for hydroxylation is 2. The molecule has 3 aromatic carbocycles. The second kappa shape index (κ2) is 9.72. The standard InChI is InChI=1S/C28H29N5O2S/c1-5-35-23-12-10-21(11-13-23)17-30(4)18-31-28(36)33-25-9-7-6-8-24(25)26(34)32(27(33)29-31)22-15-19(2)14-20(3)16-22/h6-16H,5,17-18H2,1-4H3. The first-order chi connectivity index (χ1) is 17.4. The summed E-state index contributed by atoms with van der Waals surface area (Å²) < 4.78 is 11.4. The molecule has 0 aliphatic rings. The Labute approximate surface area is 214 Å². The molecule has 7 nitrogen and oxygen atoms in total. The van der Waals surface area contributed by atoms with Crippen molar-refractivity contribution in [3.63, 3.8) is 0 Å². The smallest absolute Gasteiger partial charge is 0.267 e. The summed E-state index contributed by atoms with van der Waals surface area (Å²) in [7, 11) is 2.03. The van der Waals surface area contributed by atoms with Crippen LogP contribution < -0.4 is 10.3 Å². The van der Waals surface area contributed by atoms with Crippen LogP contribution >= 0.6 is 12.2 Å². The molecule has 2 heterocycles. The maximum absolute atomic E-state index is 13.7. The number of rotatable bonds is 7. The molecular weight excluding hydrogens is 470 g/mol. The zero-order valence-corrected chi connectivity index (χ0v) is 21.7. The van der Waals surface area contributed by atoms with E-state index in [9.17, 15) is 4.79 Å². The van der Waals surface area contributed by atoms with Crippen LogP contribution in [0.4, 0.5) is 0 Å². The molecule has 0 aliphatic heterocycles.